The number of hydrogen-bond acceptors (Lipinski definition) is 3. The first kappa shape index (κ1) is 16.0. The third-order valence-corrected chi connectivity index (χ3v) is 4.77. The minimum Gasteiger partial charge on any atom is -0.367 e. The van der Waals surface area contributed by atoms with E-state index in [9.17, 15) is 9.18 Å². The second-order valence-electron chi connectivity index (χ2n) is 6.34. The number of carbonyl (C=O) groups is 1. The molecular weight excluding hydrogens is 293 g/mol. The molecule has 0 bridgehead atoms. The number of benzene rings is 1. The van der Waals surface area contributed by atoms with E-state index in [-0.39, 0.29) is 12.5 Å². The van der Waals surface area contributed by atoms with Gasteiger partial charge in [-0.25, -0.2) is 4.39 Å². The molecule has 1 amide bonds. The van der Waals surface area contributed by atoms with Crippen LogP contribution in [0, 0.1) is 0 Å². The molecule has 1 aromatic rings. The van der Waals surface area contributed by atoms with E-state index in [1.807, 2.05) is 23.1 Å². The lowest BCUT2D eigenvalue weighted by molar-refractivity contribution is 0.0724. The van der Waals surface area contributed by atoms with Gasteiger partial charge in [0.15, 0.2) is 0 Å². The molecule has 0 aromatic heterocycles. The maximum Gasteiger partial charge on any atom is 0.253 e. The molecule has 0 aliphatic carbocycles. The van der Waals surface area contributed by atoms with Crippen molar-refractivity contribution in [3.63, 3.8) is 0 Å². The summed E-state index contributed by atoms with van der Waals surface area (Å²) in [6, 6.07) is 5.90. The molecule has 124 valence electrons. The minimum absolute atomic E-state index is 0.136. The van der Waals surface area contributed by atoms with Crippen LogP contribution in [-0.4, -0.2) is 43.5 Å². The van der Waals surface area contributed by atoms with Crippen molar-refractivity contribution in [1.29, 1.82) is 0 Å². The maximum absolute atomic E-state index is 12.7. The fourth-order valence-corrected chi connectivity index (χ4v) is 3.44. The topological polar surface area (TPSA) is 49.6 Å². The molecule has 2 N–H and O–H groups in total. The smallest absolute Gasteiger partial charge is 0.253 e. The highest BCUT2D eigenvalue weighted by atomic mass is 19.1. The van der Waals surface area contributed by atoms with Gasteiger partial charge in [0.1, 0.15) is 0 Å². The number of likely N-dealkylation sites (tertiary alicyclic amines) is 1. The monoisotopic (exact) mass is 317 g/mol. The zero-order chi connectivity index (χ0) is 16.2. The van der Waals surface area contributed by atoms with Crippen LogP contribution in [0.5, 0.6) is 0 Å². The van der Waals surface area contributed by atoms with Gasteiger partial charge in [-0.15, -0.1) is 0 Å². The van der Waals surface area contributed by atoms with E-state index < -0.39 is 0 Å². The molecule has 23 heavy (non-hydrogen) atoms. The molecule has 5 heteroatoms. The van der Waals surface area contributed by atoms with Gasteiger partial charge in [-0.1, -0.05) is 0 Å². The lowest BCUT2D eigenvalue weighted by Crippen LogP contribution is -2.35. The number of hydrogen-bond donors (Lipinski definition) is 1. The Kier molecular flexibility index (Phi) is 4.96. The van der Waals surface area contributed by atoms with Gasteiger partial charge in [0, 0.05) is 44.0 Å². The number of carbonyl (C=O) groups excluding carboxylic acids is 1. The SMILES string of the molecule is NCC(=CF)CN1CCc2cc(C(=O)N3CCCCC3)ccc21. The summed E-state index contributed by atoms with van der Waals surface area (Å²) in [5.74, 6) is 0.136. The summed E-state index contributed by atoms with van der Waals surface area (Å²) >= 11 is 0. The van der Waals surface area contributed by atoms with Crippen LogP contribution in [0.1, 0.15) is 35.2 Å². The van der Waals surface area contributed by atoms with Gasteiger partial charge >= 0.3 is 0 Å². The molecule has 2 aliphatic rings. The quantitative estimate of drug-likeness (QED) is 0.928. The molecule has 1 aromatic carbocycles. The Balaban J connectivity index is 1.74. The highest BCUT2D eigenvalue weighted by molar-refractivity contribution is 5.95. The van der Waals surface area contributed by atoms with Gasteiger partial charge in [0.2, 0.25) is 0 Å². The van der Waals surface area contributed by atoms with Gasteiger partial charge in [0.25, 0.3) is 5.91 Å². The number of anilines is 1. The Labute approximate surface area is 136 Å². The highest BCUT2D eigenvalue weighted by Gasteiger charge is 2.23. The van der Waals surface area contributed by atoms with Crippen LogP contribution in [-0.2, 0) is 6.42 Å². The van der Waals surface area contributed by atoms with Crippen molar-refractivity contribution in [2.45, 2.75) is 25.7 Å². The largest absolute Gasteiger partial charge is 0.367 e. The van der Waals surface area contributed by atoms with E-state index in [4.69, 9.17) is 5.73 Å². The molecule has 0 atom stereocenters. The van der Waals surface area contributed by atoms with Crippen LogP contribution in [0.15, 0.2) is 30.1 Å². The number of amides is 1. The lowest BCUT2D eigenvalue weighted by atomic mass is 10.1. The standard InChI is InChI=1S/C18H24FN3O/c19-11-14(12-20)13-22-9-6-15-10-16(4-5-17(15)22)18(23)21-7-2-1-3-8-21/h4-5,10-11H,1-3,6-9,12-13,20H2. The van der Waals surface area contributed by atoms with Gasteiger partial charge in [-0.05, 0) is 55.0 Å². The molecule has 1 saturated heterocycles. The maximum atomic E-state index is 12.7. The Morgan fingerprint density at radius 3 is 2.70 bits per heavy atom. The summed E-state index contributed by atoms with van der Waals surface area (Å²) in [6.07, 6.45) is 4.91. The number of halogens is 1. The first-order chi connectivity index (χ1) is 11.2. The van der Waals surface area contributed by atoms with E-state index in [1.54, 1.807) is 0 Å². The highest BCUT2D eigenvalue weighted by Crippen LogP contribution is 2.30. The summed E-state index contributed by atoms with van der Waals surface area (Å²) in [4.78, 5) is 16.7. The Bertz CT molecular complexity index is 608. The zero-order valence-corrected chi connectivity index (χ0v) is 13.4. The first-order valence-corrected chi connectivity index (χ1v) is 8.38. The zero-order valence-electron chi connectivity index (χ0n) is 13.4. The van der Waals surface area contributed by atoms with Crippen LogP contribution in [0.4, 0.5) is 10.1 Å². The molecule has 3 rings (SSSR count). The molecular formula is C18H24FN3O. The number of rotatable bonds is 4. The summed E-state index contributed by atoms with van der Waals surface area (Å²) in [7, 11) is 0. The third-order valence-electron chi connectivity index (χ3n) is 4.77. The van der Waals surface area contributed by atoms with Crippen molar-refractivity contribution in [1.82, 2.24) is 4.90 Å². The fourth-order valence-electron chi connectivity index (χ4n) is 3.44. The van der Waals surface area contributed by atoms with Crippen molar-refractivity contribution in [2.75, 3.05) is 37.6 Å². The minimum atomic E-state index is 0.136. The number of nitrogens with zero attached hydrogens (tertiary/aromatic N) is 2. The summed E-state index contributed by atoms with van der Waals surface area (Å²) in [6.45, 7) is 3.31. The molecule has 2 aliphatic heterocycles. The van der Waals surface area contributed by atoms with E-state index in [0.717, 1.165) is 50.1 Å². The van der Waals surface area contributed by atoms with E-state index >= 15 is 0 Å². The summed E-state index contributed by atoms with van der Waals surface area (Å²) in [5.41, 5.74) is 9.16. The average molecular weight is 317 g/mol. The van der Waals surface area contributed by atoms with Crippen molar-refractivity contribution < 1.29 is 9.18 Å². The predicted octanol–water partition coefficient (Wildman–Crippen LogP) is 2.49. The molecule has 0 unspecified atom stereocenters. The van der Waals surface area contributed by atoms with Crippen molar-refractivity contribution in [2.24, 2.45) is 5.73 Å². The number of piperidine rings is 1. The van der Waals surface area contributed by atoms with Crippen molar-refractivity contribution in [3.05, 3.63) is 41.2 Å². The Morgan fingerprint density at radius 2 is 2.00 bits per heavy atom. The molecule has 0 spiro atoms. The van der Waals surface area contributed by atoms with Gasteiger partial charge in [-0.2, -0.15) is 0 Å². The van der Waals surface area contributed by atoms with Gasteiger partial charge in [-0.3, -0.25) is 4.79 Å². The van der Waals surface area contributed by atoms with E-state index in [1.165, 1.54) is 12.0 Å². The number of fused-ring (bicyclic) bond motifs is 1. The van der Waals surface area contributed by atoms with E-state index in [0.29, 0.717) is 18.4 Å². The van der Waals surface area contributed by atoms with Crippen molar-refractivity contribution in [3.8, 4) is 0 Å². The summed E-state index contributed by atoms with van der Waals surface area (Å²) < 4.78 is 12.7. The molecule has 0 radical (unpaired) electrons. The molecule has 0 saturated carbocycles. The predicted molar refractivity (Wildman–Crippen MR) is 90.4 cm³/mol. The van der Waals surface area contributed by atoms with E-state index in [2.05, 4.69) is 4.90 Å². The van der Waals surface area contributed by atoms with Gasteiger partial charge < -0.3 is 15.5 Å². The molecule has 2 heterocycles. The summed E-state index contributed by atoms with van der Waals surface area (Å²) in [5, 5.41) is 0. The normalized spacial score (nSPS) is 18.3. The average Bonchev–Trinajstić information content (AvgIpc) is 3.01. The number of nitrogens with two attached hydrogens (primary N) is 1. The van der Waals surface area contributed by atoms with Crippen LogP contribution >= 0.6 is 0 Å². The lowest BCUT2D eigenvalue weighted by Gasteiger charge is -2.27. The van der Waals surface area contributed by atoms with Crippen LogP contribution in [0.25, 0.3) is 0 Å². The molecule has 1 fully saturated rings. The van der Waals surface area contributed by atoms with Crippen molar-refractivity contribution >= 4 is 11.6 Å². The first-order valence-electron chi connectivity index (χ1n) is 8.38. The van der Waals surface area contributed by atoms with Gasteiger partial charge in [0.05, 0.1) is 6.33 Å². The van der Waals surface area contributed by atoms with Crippen LogP contribution < -0.4 is 10.6 Å². The second-order valence-corrected chi connectivity index (χ2v) is 6.34. The second kappa shape index (κ2) is 7.13. The van der Waals surface area contributed by atoms with Crippen LogP contribution in [0.2, 0.25) is 0 Å². The fraction of sp³-hybridized carbons (Fsp3) is 0.500. The van der Waals surface area contributed by atoms with Crippen LogP contribution in [0.3, 0.4) is 0 Å². The molecule has 4 nitrogen and oxygen atoms in total. The Morgan fingerprint density at radius 1 is 1.22 bits per heavy atom. The third kappa shape index (κ3) is 3.39. The Hall–Kier alpha value is -1.88.